The number of rotatable bonds is 10. The Bertz CT molecular complexity index is 2140. The van der Waals surface area contributed by atoms with Gasteiger partial charge in [0, 0.05) is 59.0 Å². The van der Waals surface area contributed by atoms with Gasteiger partial charge in [-0.3, -0.25) is 14.6 Å². The number of hydrogen-bond donors (Lipinski definition) is 5. The third-order valence-corrected chi connectivity index (χ3v) is 9.70. The minimum absolute atomic E-state index is 0.166. The van der Waals surface area contributed by atoms with E-state index in [1.807, 2.05) is 75.6 Å². The van der Waals surface area contributed by atoms with Gasteiger partial charge in [-0.1, -0.05) is 48.5 Å². The van der Waals surface area contributed by atoms with E-state index >= 15 is 0 Å². The molecule has 5 N–H and O–H groups in total. The number of carbonyl (C=O) groups is 4. The maximum absolute atomic E-state index is 13.8. The number of nitrogens with one attached hydrogen (secondary N) is 3. The summed E-state index contributed by atoms with van der Waals surface area (Å²) in [6.07, 6.45) is 0.730. The highest BCUT2D eigenvalue weighted by molar-refractivity contribution is 5.98. The Labute approximate surface area is 325 Å². The molecule has 0 unspecified atom stereocenters. The number of aliphatic carboxylic acids is 1. The molecule has 1 aliphatic carbocycles. The number of tetrazole rings is 1. The molecule has 0 saturated heterocycles. The number of anilines is 1. The van der Waals surface area contributed by atoms with Crippen molar-refractivity contribution in [3.8, 4) is 22.5 Å². The van der Waals surface area contributed by atoms with E-state index in [1.165, 1.54) is 4.90 Å². The normalized spacial score (nSPS) is 16.1. The van der Waals surface area contributed by atoms with Crippen molar-refractivity contribution in [2.45, 2.75) is 70.6 Å². The molecule has 0 bridgehead atoms. The monoisotopic (exact) mass is 788 g/mol. The molecule has 5 aromatic rings. The van der Waals surface area contributed by atoms with Gasteiger partial charge in [0.05, 0.1) is 0 Å². The maximum atomic E-state index is 13.8. The van der Waals surface area contributed by atoms with Crippen molar-refractivity contribution in [3.63, 3.8) is 0 Å². The van der Waals surface area contributed by atoms with Crippen molar-refractivity contribution in [1.82, 2.24) is 35.8 Å². The molecule has 6 rings (SSSR count). The van der Waals surface area contributed by atoms with Gasteiger partial charge in [0.1, 0.15) is 6.04 Å². The summed E-state index contributed by atoms with van der Waals surface area (Å²) in [4.78, 5) is 54.1. The SMILES string of the molecule is CC(C)(C)N(C[C@H]1CC[C@H](C(=O)N[C@@H](Cc2ccc(-c3cncc4ccccc34)cc2)C(=O)Nc2ccc(-c3nn[nH]n3)cc2)CC1)C(=O)O.O=C(O)C(F)(F)F. The fourth-order valence-electron chi connectivity index (χ4n) is 6.62. The number of alkyl halides is 3. The molecule has 0 radical (unpaired) electrons. The van der Waals surface area contributed by atoms with Gasteiger partial charge in [0.25, 0.3) is 0 Å². The topological polar surface area (TPSA) is 203 Å². The lowest BCUT2D eigenvalue weighted by molar-refractivity contribution is -0.192. The first kappa shape index (κ1) is 41.8. The summed E-state index contributed by atoms with van der Waals surface area (Å²) in [5, 5.41) is 39.1. The molecule has 17 heteroatoms. The molecule has 3 aromatic carbocycles. The predicted octanol–water partition coefficient (Wildman–Crippen LogP) is 6.97. The van der Waals surface area contributed by atoms with E-state index in [9.17, 15) is 32.7 Å². The Morgan fingerprint density at radius 3 is 2.09 bits per heavy atom. The van der Waals surface area contributed by atoms with Gasteiger partial charge < -0.3 is 25.7 Å². The van der Waals surface area contributed by atoms with Gasteiger partial charge in [-0.25, -0.2) is 9.59 Å². The van der Waals surface area contributed by atoms with Crippen LogP contribution in [0.5, 0.6) is 0 Å². The third-order valence-electron chi connectivity index (χ3n) is 9.70. The Morgan fingerprint density at radius 2 is 1.51 bits per heavy atom. The van der Waals surface area contributed by atoms with Crippen LogP contribution in [0.3, 0.4) is 0 Å². The summed E-state index contributed by atoms with van der Waals surface area (Å²) in [7, 11) is 0. The number of halogens is 3. The van der Waals surface area contributed by atoms with Gasteiger partial charge >= 0.3 is 18.2 Å². The van der Waals surface area contributed by atoms with Gasteiger partial charge in [0.2, 0.25) is 17.6 Å². The lowest BCUT2D eigenvalue weighted by Crippen LogP contribution is -2.49. The molecule has 1 saturated carbocycles. The average molecular weight is 789 g/mol. The second-order valence-corrected chi connectivity index (χ2v) is 14.8. The van der Waals surface area contributed by atoms with Crippen LogP contribution >= 0.6 is 0 Å². The molecular formula is C40H43F3N8O6. The molecule has 0 aliphatic heterocycles. The number of fused-ring (bicyclic) bond motifs is 1. The fourth-order valence-corrected chi connectivity index (χ4v) is 6.62. The lowest BCUT2D eigenvalue weighted by Gasteiger charge is -2.38. The molecular weight excluding hydrogens is 745 g/mol. The summed E-state index contributed by atoms with van der Waals surface area (Å²) in [5.74, 6) is -2.89. The number of pyridine rings is 1. The van der Waals surface area contributed by atoms with Gasteiger partial charge in [0.15, 0.2) is 0 Å². The average Bonchev–Trinajstić information content (AvgIpc) is 3.72. The molecule has 0 spiro atoms. The molecule has 2 heterocycles. The second kappa shape index (κ2) is 18.0. The summed E-state index contributed by atoms with van der Waals surface area (Å²) >= 11 is 0. The molecule has 1 atom stereocenters. The zero-order chi connectivity index (χ0) is 41.3. The zero-order valence-corrected chi connectivity index (χ0v) is 31.5. The van der Waals surface area contributed by atoms with Crippen LogP contribution in [-0.2, 0) is 20.8 Å². The van der Waals surface area contributed by atoms with Gasteiger partial charge in [-0.05, 0) is 98.4 Å². The number of carboxylic acids is 1. The molecule has 3 amide bonds. The Kier molecular flexibility index (Phi) is 13.2. The van der Waals surface area contributed by atoms with Crippen LogP contribution in [0.2, 0.25) is 0 Å². The summed E-state index contributed by atoms with van der Waals surface area (Å²) in [5.41, 5.74) is 3.74. The quantitative estimate of drug-likeness (QED) is 0.0984. The Balaban J connectivity index is 0.000000811. The number of hydrogen-bond acceptors (Lipinski definition) is 8. The fraction of sp³-hybridized carbons (Fsp3) is 0.350. The van der Waals surface area contributed by atoms with Gasteiger partial charge in [-0.2, -0.15) is 18.4 Å². The standard InChI is InChI=1S/C38H42N8O4.C2HF3O2/c1-38(2,3)46(37(49)50)23-25-10-14-28(15-11-25)35(47)41-33(36(48)40-30-18-16-27(17-19-30)34-42-44-45-43-34)20-24-8-12-26(13-9-24)32-22-39-21-29-6-4-5-7-31(29)32;3-2(4,5)1(6)7/h4-9,12-13,16-19,21-22,25,28,33H,10-11,14-15,20,23H2,1-3H3,(H,40,48)(H,41,47)(H,49,50)(H,42,43,44,45);(H,6,7)/t25-,28-,33-;/m0./s1. The van der Waals surface area contributed by atoms with E-state index in [-0.39, 0.29) is 23.7 Å². The predicted molar refractivity (Wildman–Crippen MR) is 205 cm³/mol. The molecule has 1 aliphatic rings. The van der Waals surface area contributed by atoms with Crippen molar-refractivity contribution < 1.29 is 42.6 Å². The second-order valence-electron chi connectivity index (χ2n) is 14.8. The molecule has 2 aromatic heterocycles. The third kappa shape index (κ3) is 11.3. The molecule has 57 heavy (non-hydrogen) atoms. The number of nitrogens with zero attached hydrogens (tertiary/aromatic N) is 5. The van der Waals surface area contributed by atoms with Gasteiger partial charge in [-0.15, -0.1) is 10.2 Å². The molecule has 1 fully saturated rings. The minimum Gasteiger partial charge on any atom is -0.475 e. The summed E-state index contributed by atoms with van der Waals surface area (Å²) < 4.78 is 31.7. The van der Waals surface area contributed by atoms with E-state index in [4.69, 9.17) is 9.90 Å². The van der Waals surface area contributed by atoms with E-state index in [0.717, 1.165) is 45.9 Å². The Morgan fingerprint density at radius 1 is 0.877 bits per heavy atom. The first-order valence-electron chi connectivity index (χ1n) is 18.2. The number of H-pyrrole nitrogens is 1. The van der Waals surface area contributed by atoms with Crippen LogP contribution in [0.25, 0.3) is 33.3 Å². The van der Waals surface area contributed by atoms with Crippen LogP contribution in [0.15, 0.2) is 85.2 Å². The maximum Gasteiger partial charge on any atom is 0.490 e. The smallest absolute Gasteiger partial charge is 0.475 e. The van der Waals surface area contributed by atoms with Crippen molar-refractivity contribution in [1.29, 1.82) is 0 Å². The minimum atomic E-state index is -5.08. The largest absolute Gasteiger partial charge is 0.490 e. The van der Waals surface area contributed by atoms with E-state index < -0.39 is 29.8 Å². The number of carbonyl (C=O) groups excluding carboxylic acids is 2. The van der Waals surface area contributed by atoms with Crippen LogP contribution in [0.4, 0.5) is 23.7 Å². The van der Waals surface area contributed by atoms with Crippen LogP contribution in [0.1, 0.15) is 52.0 Å². The van der Waals surface area contributed by atoms with Crippen molar-refractivity contribution in [3.05, 3.63) is 90.8 Å². The molecule has 14 nitrogen and oxygen atoms in total. The van der Waals surface area contributed by atoms with Crippen molar-refractivity contribution in [2.75, 3.05) is 11.9 Å². The van der Waals surface area contributed by atoms with E-state index in [0.29, 0.717) is 37.3 Å². The highest BCUT2D eigenvalue weighted by Gasteiger charge is 2.38. The molecule has 300 valence electrons. The highest BCUT2D eigenvalue weighted by atomic mass is 19.4. The zero-order valence-electron chi connectivity index (χ0n) is 31.5. The first-order valence-corrected chi connectivity index (χ1v) is 18.2. The number of carboxylic acid groups (broad SMARTS) is 2. The first-order chi connectivity index (χ1) is 27.0. The lowest BCUT2D eigenvalue weighted by atomic mass is 9.80. The van der Waals surface area contributed by atoms with E-state index in [2.05, 4.69) is 42.3 Å². The van der Waals surface area contributed by atoms with Crippen LogP contribution in [0, 0.1) is 11.8 Å². The van der Waals surface area contributed by atoms with Crippen molar-refractivity contribution in [2.24, 2.45) is 11.8 Å². The summed E-state index contributed by atoms with van der Waals surface area (Å²) in [6, 6.07) is 22.4. The number of benzene rings is 3. The number of amides is 3. The number of aromatic amines is 1. The summed E-state index contributed by atoms with van der Waals surface area (Å²) in [6.45, 7) is 6.11. The van der Waals surface area contributed by atoms with Crippen LogP contribution in [-0.4, -0.2) is 88.9 Å². The highest BCUT2D eigenvalue weighted by Crippen LogP contribution is 2.32. The van der Waals surface area contributed by atoms with E-state index in [1.54, 1.807) is 24.3 Å². The Hall–Kier alpha value is -6.39. The number of aromatic nitrogens is 5. The van der Waals surface area contributed by atoms with Crippen LogP contribution < -0.4 is 10.6 Å². The van der Waals surface area contributed by atoms with Crippen molar-refractivity contribution >= 4 is 40.3 Å².